The van der Waals surface area contributed by atoms with Crippen molar-refractivity contribution in [1.29, 1.82) is 0 Å². The van der Waals surface area contributed by atoms with Gasteiger partial charge in [-0.1, -0.05) is 0 Å². The SMILES string of the molecule is CC(C)N1CCC(N(C)C(=O)CCCCN)CC1. The molecule has 4 heteroatoms. The molecule has 2 N–H and O–H groups in total. The first kappa shape index (κ1) is 15.4. The quantitative estimate of drug-likeness (QED) is 0.731. The van der Waals surface area contributed by atoms with Crippen molar-refractivity contribution in [1.82, 2.24) is 9.80 Å². The Morgan fingerprint density at radius 3 is 2.44 bits per heavy atom. The summed E-state index contributed by atoms with van der Waals surface area (Å²) in [5, 5.41) is 0. The van der Waals surface area contributed by atoms with E-state index in [1.807, 2.05) is 11.9 Å². The highest BCUT2D eigenvalue weighted by molar-refractivity contribution is 5.76. The van der Waals surface area contributed by atoms with Gasteiger partial charge in [0.05, 0.1) is 0 Å². The van der Waals surface area contributed by atoms with Crippen molar-refractivity contribution < 1.29 is 4.79 Å². The van der Waals surface area contributed by atoms with E-state index in [0.29, 0.717) is 25.0 Å². The zero-order chi connectivity index (χ0) is 13.5. The molecule has 1 aliphatic rings. The molecule has 18 heavy (non-hydrogen) atoms. The average Bonchev–Trinajstić information content (AvgIpc) is 2.38. The summed E-state index contributed by atoms with van der Waals surface area (Å²) in [4.78, 5) is 16.5. The van der Waals surface area contributed by atoms with Crippen LogP contribution in [0.5, 0.6) is 0 Å². The molecule has 1 saturated heterocycles. The zero-order valence-electron chi connectivity index (χ0n) is 12.2. The van der Waals surface area contributed by atoms with Gasteiger partial charge in [0.2, 0.25) is 5.91 Å². The largest absolute Gasteiger partial charge is 0.343 e. The minimum absolute atomic E-state index is 0.284. The molecule has 106 valence electrons. The summed E-state index contributed by atoms with van der Waals surface area (Å²) in [7, 11) is 1.96. The summed E-state index contributed by atoms with van der Waals surface area (Å²) < 4.78 is 0. The first-order chi connectivity index (χ1) is 8.56. The molecule has 4 nitrogen and oxygen atoms in total. The molecule has 0 aromatic carbocycles. The lowest BCUT2D eigenvalue weighted by molar-refractivity contribution is -0.133. The number of nitrogens with two attached hydrogens (primary N) is 1. The van der Waals surface area contributed by atoms with Crippen molar-refractivity contribution in [3.63, 3.8) is 0 Å². The van der Waals surface area contributed by atoms with E-state index in [-0.39, 0.29) is 5.91 Å². The Kier molecular flexibility index (Phi) is 6.65. The molecule has 0 bridgehead atoms. The fourth-order valence-corrected chi connectivity index (χ4v) is 2.59. The van der Waals surface area contributed by atoms with Gasteiger partial charge in [0.15, 0.2) is 0 Å². The first-order valence-electron chi connectivity index (χ1n) is 7.26. The van der Waals surface area contributed by atoms with Gasteiger partial charge in [-0.3, -0.25) is 4.79 Å². The van der Waals surface area contributed by atoms with Crippen LogP contribution in [0.25, 0.3) is 0 Å². The topological polar surface area (TPSA) is 49.6 Å². The number of rotatable bonds is 6. The van der Waals surface area contributed by atoms with Crippen molar-refractivity contribution in [2.45, 2.75) is 58.0 Å². The van der Waals surface area contributed by atoms with Crippen LogP contribution >= 0.6 is 0 Å². The highest BCUT2D eigenvalue weighted by Crippen LogP contribution is 2.18. The third-order valence-electron chi connectivity index (χ3n) is 4.02. The Morgan fingerprint density at radius 2 is 1.94 bits per heavy atom. The van der Waals surface area contributed by atoms with Gasteiger partial charge < -0.3 is 15.5 Å². The molecule has 1 rings (SSSR count). The molecule has 0 radical (unpaired) electrons. The first-order valence-corrected chi connectivity index (χ1v) is 7.26. The standard InChI is InChI=1S/C14H29N3O/c1-12(2)17-10-7-13(8-11-17)16(3)14(18)6-4-5-9-15/h12-13H,4-11,15H2,1-3H3. The van der Waals surface area contributed by atoms with Gasteiger partial charge in [-0.25, -0.2) is 0 Å². The van der Waals surface area contributed by atoms with Crippen LogP contribution < -0.4 is 5.73 Å². The minimum Gasteiger partial charge on any atom is -0.343 e. The molecule has 0 spiro atoms. The van der Waals surface area contributed by atoms with E-state index in [0.717, 1.165) is 38.8 Å². The molecule has 0 aliphatic carbocycles. The van der Waals surface area contributed by atoms with Crippen LogP contribution in [-0.2, 0) is 4.79 Å². The monoisotopic (exact) mass is 255 g/mol. The highest BCUT2D eigenvalue weighted by atomic mass is 16.2. The van der Waals surface area contributed by atoms with E-state index in [4.69, 9.17) is 5.73 Å². The highest BCUT2D eigenvalue weighted by Gasteiger charge is 2.25. The number of amides is 1. The third-order valence-corrected chi connectivity index (χ3v) is 4.02. The lowest BCUT2D eigenvalue weighted by atomic mass is 10.0. The van der Waals surface area contributed by atoms with Crippen molar-refractivity contribution in [2.24, 2.45) is 5.73 Å². The fourth-order valence-electron chi connectivity index (χ4n) is 2.59. The lowest BCUT2D eigenvalue weighted by Crippen LogP contribution is -2.47. The van der Waals surface area contributed by atoms with Crippen LogP contribution in [0, 0.1) is 0 Å². The Morgan fingerprint density at radius 1 is 1.33 bits per heavy atom. The van der Waals surface area contributed by atoms with E-state index < -0.39 is 0 Å². The predicted octanol–water partition coefficient (Wildman–Crippen LogP) is 1.45. The number of likely N-dealkylation sites (tertiary alicyclic amines) is 1. The van der Waals surface area contributed by atoms with Gasteiger partial charge in [0.25, 0.3) is 0 Å². The van der Waals surface area contributed by atoms with Crippen LogP contribution in [0.15, 0.2) is 0 Å². The summed E-state index contributed by atoms with van der Waals surface area (Å²) in [6.07, 6.45) is 4.74. The normalized spacial score (nSPS) is 18.3. The molecule has 0 saturated carbocycles. The summed E-state index contributed by atoms with van der Waals surface area (Å²) >= 11 is 0. The molecule has 0 aromatic heterocycles. The van der Waals surface area contributed by atoms with E-state index in [1.165, 1.54) is 0 Å². The maximum absolute atomic E-state index is 12.0. The second kappa shape index (κ2) is 7.74. The average molecular weight is 255 g/mol. The number of unbranched alkanes of at least 4 members (excludes halogenated alkanes) is 1. The van der Waals surface area contributed by atoms with Gasteiger partial charge >= 0.3 is 0 Å². The molecule has 0 aromatic rings. The fraction of sp³-hybridized carbons (Fsp3) is 0.929. The lowest BCUT2D eigenvalue weighted by Gasteiger charge is -2.38. The van der Waals surface area contributed by atoms with E-state index in [9.17, 15) is 4.79 Å². The maximum atomic E-state index is 12.0. The molecule has 0 atom stereocenters. The second-order valence-corrected chi connectivity index (χ2v) is 5.61. The number of carbonyl (C=O) groups excluding carboxylic acids is 1. The van der Waals surface area contributed by atoms with Crippen molar-refractivity contribution in [3.05, 3.63) is 0 Å². The van der Waals surface area contributed by atoms with Crippen LogP contribution in [0.4, 0.5) is 0 Å². The number of carbonyl (C=O) groups is 1. The van der Waals surface area contributed by atoms with Crippen LogP contribution in [0.3, 0.4) is 0 Å². The number of hydrogen-bond donors (Lipinski definition) is 1. The molecule has 1 fully saturated rings. The van der Waals surface area contributed by atoms with Crippen LogP contribution in [0.2, 0.25) is 0 Å². The summed E-state index contributed by atoms with van der Waals surface area (Å²) in [6.45, 7) is 7.39. The van der Waals surface area contributed by atoms with E-state index >= 15 is 0 Å². The Hall–Kier alpha value is -0.610. The third kappa shape index (κ3) is 4.58. The Labute approximate surface area is 111 Å². The molecule has 1 heterocycles. The Bertz CT molecular complexity index is 247. The molecule has 1 aliphatic heterocycles. The summed E-state index contributed by atoms with van der Waals surface area (Å²) in [6, 6.07) is 1.06. The molecule has 1 amide bonds. The molecular formula is C14H29N3O. The summed E-state index contributed by atoms with van der Waals surface area (Å²) in [5.74, 6) is 0.284. The van der Waals surface area contributed by atoms with E-state index in [2.05, 4.69) is 18.7 Å². The number of piperidine rings is 1. The van der Waals surface area contributed by atoms with Gasteiger partial charge in [-0.15, -0.1) is 0 Å². The van der Waals surface area contributed by atoms with Gasteiger partial charge in [-0.05, 0) is 46.1 Å². The molecule has 0 unspecified atom stereocenters. The number of nitrogens with zero attached hydrogens (tertiary/aromatic N) is 2. The van der Waals surface area contributed by atoms with Crippen LogP contribution in [0.1, 0.15) is 46.0 Å². The second-order valence-electron chi connectivity index (χ2n) is 5.61. The van der Waals surface area contributed by atoms with Gasteiger partial charge in [-0.2, -0.15) is 0 Å². The van der Waals surface area contributed by atoms with Gasteiger partial charge in [0.1, 0.15) is 0 Å². The van der Waals surface area contributed by atoms with E-state index in [1.54, 1.807) is 0 Å². The molecular weight excluding hydrogens is 226 g/mol. The summed E-state index contributed by atoms with van der Waals surface area (Å²) in [5.41, 5.74) is 5.45. The maximum Gasteiger partial charge on any atom is 0.222 e. The predicted molar refractivity (Wildman–Crippen MR) is 75.4 cm³/mol. The van der Waals surface area contributed by atoms with Crippen molar-refractivity contribution >= 4 is 5.91 Å². The zero-order valence-corrected chi connectivity index (χ0v) is 12.2. The smallest absolute Gasteiger partial charge is 0.222 e. The van der Waals surface area contributed by atoms with Crippen LogP contribution in [-0.4, -0.2) is 54.5 Å². The Balaban J connectivity index is 2.30. The minimum atomic E-state index is 0.284. The number of hydrogen-bond acceptors (Lipinski definition) is 3. The van der Waals surface area contributed by atoms with Crippen molar-refractivity contribution in [2.75, 3.05) is 26.7 Å². The van der Waals surface area contributed by atoms with Gasteiger partial charge in [0, 0.05) is 38.6 Å². The van der Waals surface area contributed by atoms with Crippen molar-refractivity contribution in [3.8, 4) is 0 Å².